The van der Waals surface area contributed by atoms with E-state index in [1.54, 1.807) is 38.4 Å². The summed E-state index contributed by atoms with van der Waals surface area (Å²) in [7, 11) is 3.20. The standard InChI is InChI=1S/C25H30N4O5/c1-29(2)22(30)15-33-23(31)14-11-16-9-12-17(13-10-16)34-24(32)20-7-3-6-19-18(20)5-4-8-21(19)28-25(26)27/h4-5,8-10,12-13,20H,3,6-7,11,14-15H2,1-2H3,(H4,26,27,28). The van der Waals surface area contributed by atoms with E-state index in [-0.39, 0.29) is 30.9 Å². The van der Waals surface area contributed by atoms with E-state index < -0.39 is 11.9 Å². The van der Waals surface area contributed by atoms with Gasteiger partial charge in [-0.25, -0.2) is 4.99 Å². The van der Waals surface area contributed by atoms with Crippen molar-refractivity contribution >= 4 is 29.5 Å². The van der Waals surface area contributed by atoms with Gasteiger partial charge in [-0.2, -0.15) is 0 Å². The first-order valence-corrected chi connectivity index (χ1v) is 11.1. The number of amides is 1. The molecular formula is C25H30N4O5. The number of benzene rings is 2. The third-order valence-electron chi connectivity index (χ3n) is 5.63. The van der Waals surface area contributed by atoms with Crippen LogP contribution in [-0.2, 0) is 32.0 Å². The fraction of sp³-hybridized carbons (Fsp3) is 0.360. The Kier molecular flexibility index (Phi) is 8.24. The molecule has 0 fully saturated rings. The van der Waals surface area contributed by atoms with Gasteiger partial charge in [0.1, 0.15) is 5.75 Å². The van der Waals surface area contributed by atoms with E-state index in [0.29, 0.717) is 24.3 Å². The number of hydrogen-bond donors (Lipinski definition) is 2. The molecule has 0 bridgehead atoms. The van der Waals surface area contributed by atoms with Gasteiger partial charge >= 0.3 is 11.9 Å². The van der Waals surface area contributed by atoms with Crippen molar-refractivity contribution in [2.45, 2.75) is 38.0 Å². The zero-order chi connectivity index (χ0) is 24.7. The van der Waals surface area contributed by atoms with Crippen molar-refractivity contribution in [2.75, 3.05) is 20.7 Å². The Morgan fingerprint density at radius 3 is 2.50 bits per heavy atom. The average Bonchev–Trinajstić information content (AvgIpc) is 2.81. The van der Waals surface area contributed by atoms with E-state index in [9.17, 15) is 14.4 Å². The van der Waals surface area contributed by atoms with Gasteiger partial charge in [0, 0.05) is 20.5 Å². The summed E-state index contributed by atoms with van der Waals surface area (Å²) < 4.78 is 10.6. The summed E-state index contributed by atoms with van der Waals surface area (Å²) in [5.74, 6) is -1.02. The van der Waals surface area contributed by atoms with Crippen LogP contribution < -0.4 is 16.2 Å². The average molecular weight is 467 g/mol. The Balaban J connectivity index is 1.57. The second kappa shape index (κ2) is 11.3. The van der Waals surface area contributed by atoms with E-state index >= 15 is 0 Å². The molecule has 3 rings (SSSR count). The van der Waals surface area contributed by atoms with Gasteiger partial charge in [-0.1, -0.05) is 24.3 Å². The Bertz CT molecular complexity index is 1080. The lowest BCUT2D eigenvalue weighted by molar-refractivity contribution is -0.151. The largest absolute Gasteiger partial charge is 0.456 e. The van der Waals surface area contributed by atoms with E-state index in [2.05, 4.69) is 4.99 Å². The molecule has 2 aromatic rings. The minimum atomic E-state index is -0.443. The normalized spacial score (nSPS) is 14.5. The summed E-state index contributed by atoms with van der Waals surface area (Å²) in [5, 5.41) is 0. The van der Waals surface area contributed by atoms with Gasteiger partial charge in [0.15, 0.2) is 12.6 Å². The third-order valence-corrected chi connectivity index (χ3v) is 5.63. The number of carbonyl (C=O) groups excluding carboxylic acids is 3. The van der Waals surface area contributed by atoms with Gasteiger partial charge in [-0.15, -0.1) is 0 Å². The maximum absolute atomic E-state index is 12.9. The second-order valence-electron chi connectivity index (χ2n) is 8.34. The number of ether oxygens (including phenoxy) is 2. The number of carbonyl (C=O) groups is 3. The monoisotopic (exact) mass is 466 g/mol. The molecular weight excluding hydrogens is 436 g/mol. The van der Waals surface area contributed by atoms with E-state index in [1.807, 2.05) is 18.2 Å². The molecule has 2 aromatic carbocycles. The van der Waals surface area contributed by atoms with Crippen molar-refractivity contribution in [1.82, 2.24) is 4.90 Å². The summed E-state index contributed by atoms with van der Waals surface area (Å²) in [4.78, 5) is 41.8. The highest BCUT2D eigenvalue weighted by Gasteiger charge is 2.29. The number of esters is 2. The molecule has 0 aromatic heterocycles. The van der Waals surface area contributed by atoms with Crippen LogP contribution >= 0.6 is 0 Å². The fourth-order valence-corrected chi connectivity index (χ4v) is 3.82. The van der Waals surface area contributed by atoms with Crippen LogP contribution in [0.25, 0.3) is 0 Å². The molecule has 0 radical (unpaired) electrons. The molecule has 1 amide bonds. The van der Waals surface area contributed by atoms with Crippen molar-refractivity contribution in [1.29, 1.82) is 0 Å². The fourth-order valence-electron chi connectivity index (χ4n) is 3.82. The molecule has 0 saturated heterocycles. The predicted molar refractivity (Wildman–Crippen MR) is 128 cm³/mol. The molecule has 1 atom stereocenters. The SMILES string of the molecule is CN(C)C(=O)COC(=O)CCc1ccc(OC(=O)C2CCCc3c(N=C(N)N)cccc32)cc1. The lowest BCUT2D eigenvalue weighted by atomic mass is 9.82. The Labute approximate surface area is 198 Å². The zero-order valence-electron chi connectivity index (χ0n) is 19.5. The first kappa shape index (κ1) is 24.8. The van der Waals surface area contributed by atoms with Crippen molar-refractivity contribution < 1.29 is 23.9 Å². The molecule has 0 aliphatic heterocycles. The van der Waals surface area contributed by atoms with Crippen LogP contribution in [0.5, 0.6) is 5.75 Å². The molecule has 4 N–H and O–H groups in total. The summed E-state index contributed by atoms with van der Waals surface area (Å²) in [5.41, 5.74) is 14.5. The summed E-state index contributed by atoms with van der Waals surface area (Å²) in [6.07, 6.45) is 2.92. The number of hydrogen-bond acceptors (Lipinski definition) is 6. The number of nitrogens with two attached hydrogens (primary N) is 2. The lowest BCUT2D eigenvalue weighted by Gasteiger charge is -2.25. The molecule has 0 saturated carbocycles. The maximum Gasteiger partial charge on any atom is 0.318 e. The highest BCUT2D eigenvalue weighted by atomic mass is 16.5. The van der Waals surface area contributed by atoms with Crippen LogP contribution in [0.15, 0.2) is 47.5 Å². The van der Waals surface area contributed by atoms with Crippen LogP contribution in [0.2, 0.25) is 0 Å². The Hall–Kier alpha value is -3.88. The minimum absolute atomic E-state index is 0.0199. The highest BCUT2D eigenvalue weighted by molar-refractivity contribution is 5.83. The van der Waals surface area contributed by atoms with Crippen LogP contribution in [0.3, 0.4) is 0 Å². The Morgan fingerprint density at radius 1 is 1.09 bits per heavy atom. The Morgan fingerprint density at radius 2 is 1.82 bits per heavy atom. The number of nitrogens with zero attached hydrogens (tertiary/aromatic N) is 2. The topological polar surface area (TPSA) is 137 Å². The van der Waals surface area contributed by atoms with E-state index in [1.165, 1.54) is 4.90 Å². The maximum atomic E-state index is 12.9. The van der Waals surface area contributed by atoms with Gasteiger partial charge in [-0.05, 0) is 60.6 Å². The van der Waals surface area contributed by atoms with Crippen LogP contribution in [0, 0.1) is 0 Å². The number of likely N-dealkylation sites (N-methyl/N-ethyl adjacent to an activating group) is 1. The van der Waals surface area contributed by atoms with Crippen molar-refractivity contribution in [2.24, 2.45) is 16.5 Å². The molecule has 0 heterocycles. The molecule has 1 aliphatic rings. The summed E-state index contributed by atoms with van der Waals surface area (Å²) >= 11 is 0. The first-order valence-electron chi connectivity index (χ1n) is 11.1. The van der Waals surface area contributed by atoms with Crippen LogP contribution in [0.1, 0.15) is 41.9 Å². The van der Waals surface area contributed by atoms with Crippen molar-refractivity contribution in [3.63, 3.8) is 0 Å². The molecule has 9 nitrogen and oxygen atoms in total. The molecule has 1 aliphatic carbocycles. The van der Waals surface area contributed by atoms with Gasteiger partial charge in [0.2, 0.25) is 0 Å². The predicted octanol–water partition coefficient (Wildman–Crippen LogP) is 2.18. The van der Waals surface area contributed by atoms with E-state index in [4.69, 9.17) is 20.9 Å². The molecule has 34 heavy (non-hydrogen) atoms. The molecule has 1 unspecified atom stereocenters. The van der Waals surface area contributed by atoms with Gasteiger partial charge in [-0.3, -0.25) is 14.4 Å². The molecule has 9 heteroatoms. The van der Waals surface area contributed by atoms with Crippen molar-refractivity contribution in [3.05, 3.63) is 59.2 Å². The van der Waals surface area contributed by atoms with Gasteiger partial charge in [0.25, 0.3) is 5.91 Å². The minimum Gasteiger partial charge on any atom is -0.456 e. The zero-order valence-corrected chi connectivity index (χ0v) is 19.5. The number of aliphatic imine (C=N–C) groups is 1. The molecule has 180 valence electrons. The quantitative estimate of drug-likeness (QED) is 0.263. The van der Waals surface area contributed by atoms with Crippen molar-refractivity contribution in [3.8, 4) is 5.75 Å². The molecule has 0 spiro atoms. The summed E-state index contributed by atoms with van der Waals surface area (Å²) in [6, 6.07) is 12.6. The summed E-state index contributed by atoms with van der Waals surface area (Å²) in [6.45, 7) is -0.265. The van der Waals surface area contributed by atoms with E-state index in [0.717, 1.165) is 29.5 Å². The number of fused-ring (bicyclic) bond motifs is 1. The highest BCUT2D eigenvalue weighted by Crippen LogP contribution is 2.37. The van der Waals surface area contributed by atoms with Gasteiger partial charge < -0.3 is 25.8 Å². The van der Waals surface area contributed by atoms with Gasteiger partial charge in [0.05, 0.1) is 11.6 Å². The number of guanidine groups is 1. The number of aryl methyl sites for hydroxylation is 1. The van der Waals surface area contributed by atoms with Crippen LogP contribution in [-0.4, -0.2) is 49.4 Å². The second-order valence-corrected chi connectivity index (χ2v) is 8.34. The third kappa shape index (κ3) is 6.57. The smallest absolute Gasteiger partial charge is 0.318 e. The number of rotatable bonds is 8. The van der Waals surface area contributed by atoms with Crippen LogP contribution in [0.4, 0.5) is 5.69 Å². The first-order chi connectivity index (χ1) is 16.2. The lowest BCUT2D eigenvalue weighted by Crippen LogP contribution is -2.27.